The van der Waals surface area contributed by atoms with E-state index in [0.29, 0.717) is 17.4 Å². The summed E-state index contributed by atoms with van der Waals surface area (Å²) >= 11 is 1.58. The molecule has 3 rings (SSSR count). The molecule has 0 radical (unpaired) electrons. The molecule has 1 aliphatic rings. The summed E-state index contributed by atoms with van der Waals surface area (Å²) in [6, 6.07) is 3.58. The number of furan rings is 1. The standard InChI is InChI=1S/C15H18N2O2S/c1-10-5-7-17(8-6-10)15(18)14-4-3-13(19-14)12-9-20-11(2)16-12/h3-4,9-10H,5-8H2,1-2H3. The summed E-state index contributed by atoms with van der Waals surface area (Å²) < 4.78 is 5.68. The Morgan fingerprint density at radius 2 is 2.15 bits per heavy atom. The maximum absolute atomic E-state index is 12.4. The predicted octanol–water partition coefficient (Wildman–Crippen LogP) is 3.58. The summed E-state index contributed by atoms with van der Waals surface area (Å²) in [5.41, 5.74) is 0.804. The van der Waals surface area contributed by atoms with E-state index in [0.717, 1.165) is 36.6 Å². The highest BCUT2D eigenvalue weighted by atomic mass is 32.1. The van der Waals surface area contributed by atoms with Crippen molar-refractivity contribution < 1.29 is 9.21 Å². The van der Waals surface area contributed by atoms with Crippen LogP contribution in [0.15, 0.2) is 21.9 Å². The van der Waals surface area contributed by atoms with E-state index in [1.165, 1.54) is 0 Å². The Hall–Kier alpha value is -1.62. The number of carbonyl (C=O) groups is 1. The van der Waals surface area contributed by atoms with Crippen LogP contribution in [0, 0.1) is 12.8 Å². The zero-order valence-electron chi connectivity index (χ0n) is 11.8. The van der Waals surface area contributed by atoms with Crippen molar-refractivity contribution in [2.24, 2.45) is 5.92 Å². The fourth-order valence-corrected chi connectivity index (χ4v) is 3.04. The number of hydrogen-bond donors (Lipinski definition) is 0. The zero-order valence-corrected chi connectivity index (χ0v) is 12.6. The molecule has 1 fully saturated rings. The van der Waals surface area contributed by atoms with Gasteiger partial charge in [-0.15, -0.1) is 11.3 Å². The fraction of sp³-hybridized carbons (Fsp3) is 0.467. The number of aromatic nitrogens is 1. The van der Waals surface area contributed by atoms with Crippen LogP contribution in [0.5, 0.6) is 0 Å². The van der Waals surface area contributed by atoms with Gasteiger partial charge in [0.05, 0.1) is 5.01 Å². The summed E-state index contributed by atoms with van der Waals surface area (Å²) in [6.07, 6.45) is 2.15. The molecule has 2 aromatic rings. The van der Waals surface area contributed by atoms with Gasteiger partial charge in [-0.1, -0.05) is 6.92 Å². The molecular weight excluding hydrogens is 272 g/mol. The average molecular weight is 290 g/mol. The Balaban J connectivity index is 1.75. The number of hydrogen-bond acceptors (Lipinski definition) is 4. The minimum absolute atomic E-state index is 0.00454. The molecule has 4 nitrogen and oxygen atoms in total. The smallest absolute Gasteiger partial charge is 0.289 e. The monoisotopic (exact) mass is 290 g/mol. The van der Waals surface area contributed by atoms with Crippen LogP contribution in [0.4, 0.5) is 0 Å². The molecule has 1 aliphatic heterocycles. The lowest BCUT2D eigenvalue weighted by Crippen LogP contribution is -2.37. The van der Waals surface area contributed by atoms with Crippen molar-refractivity contribution in [3.05, 3.63) is 28.3 Å². The molecule has 1 amide bonds. The fourth-order valence-electron chi connectivity index (χ4n) is 2.43. The molecule has 5 heteroatoms. The largest absolute Gasteiger partial charge is 0.449 e. The van der Waals surface area contributed by atoms with Crippen LogP contribution in [0.3, 0.4) is 0 Å². The number of likely N-dealkylation sites (tertiary alicyclic amines) is 1. The van der Waals surface area contributed by atoms with Crippen molar-refractivity contribution in [2.45, 2.75) is 26.7 Å². The van der Waals surface area contributed by atoms with E-state index in [1.807, 2.05) is 23.3 Å². The lowest BCUT2D eigenvalue weighted by atomic mass is 9.99. The van der Waals surface area contributed by atoms with Crippen LogP contribution in [0.25, 0.3) is 11.5 Å². The molecule has 2 aromatic heterocycles. The summed E-state index contributed by atoms with van der Waals surface area (Å²) in [5.74, 6) is 1.79. The average Bonchev–Trinajstić information content (AvgIpc) is 3.07. The molecule has 0 atom stereocenters. The third-order valence-corrected chi connectivity index (χ3v) is 4.53. The Bertz CT molecular complexity index is 609. The molecule has 0 spiro atoms. The molecule has 0 aliphatic carbocycles. The Morgan fingerprint density at radius 1 is 1.40 bits per heavy atom. The number of thiazole rings is 1. The van der Waals surface area contributed by atoms with E-state index in [-0.39, 0.29) is 5.91 Å². The highest BCUT2D eigenvalue weighted by Crippen LogP contribution is 2.25. The molecule has 1 saturated heterocycles. The van der Waals surface area contributed by atoms with Crippen LogP contribution >= 0.6 is 11.3 Å². The van der Waals surface area contributed by atoms with Crippen molar-refractivity contribution in [2.75, 3.05) is 13.1 Å². The van der Waals surface area contributed by atoms with Gasteiger partial charge in [-0.3, -0.25) is 4.79 Å². The van der Waals surface area contributed by atoms with Gasteiger partial charge in [0, 0.05) is 18.5 Å². The van der Waals surface area contributed by atoms with Crippen LogP contribution in [-0.4, -0.2) is 28.9 Å². The minimum atomic E-state index is -0.00454. The molecule has 3 heterocycles. The van der Waals surface area contributed by atoms with Crippen molar-refractivity contribution in [1.29, 1.82) is 0 Å². The topological polar surface area (TPSA) is 46.3 Å². The van der Waals surface area contributed by atoms with Gasteiger partial charge in [0.25, 0.3) is 5.91 Å². The van der Waals surface area contributed by atoms with Crippen molar-refractivity contribution in [1.82, 2.24) is 9.88 Å². The van der Waals surface area contributed by atoms with Gasteiger partial charge < -0.3 is 9.32 Å². The first-order valence-electron chi connectivity index (χ1n) is 6.95. The lowest BCUT2D eigenvalue weighted by Gasteiger charge is -2.29. The SMILES string of the molecule is Cc1nc(-c2ccc(C(=O)N3CCC(C)CC3)o2)cs1. The highest BCUT2D eigenvalue weighted by Gasteiger charge is 2.24. The number of carbonyl (C=O) groups excluding carboxylic acids is 1. The Labute approximate surface area is 122 Å². The van der Waals surface area contributed by atoms with Crippen molar-refractivity contribution >= 4 is 17.2 Å². The van der Waals surface area contributed by atoms with Crippen LogP contribution < -0.4 is 0 Å². The zero-order chi connectivity index (χ0) is 14.1. The van der Waals surface area contributed by atoms with Gasteiger partial charge in [-0.25, -0.2) is 4.98 Å². The van der Waals surface area contributed by atoms with Gasteiger partial charge in [-0.05, 0) is 37.8 Å². The minimum Gasteiger partial charge on any atom is -0.449 e. The molecule has 0 saturated carbocycles. The van der Waals surface area contributed by atoms with E-state index < -0.39 is 0 Å². The normalized spacial score (nSPS) is 16.6. The Morgan fingerprint density at radius 3 is 2.80 bits per heavy atom. The van der Waals surface area contributed by atoms with Crippen LogP contribution in [0.1, 0.15) is 35.3 Å². The second kappa shape index (κ2) is 5.40. The number of aryl methyl sites for hydroxylation is 1. The van der Waals surface area contributed by atoms with Crippen molar-refractivity contribution in [3.8, 4) is 11.5 Å². The Kier molecular flexibility index (Phi) is 3.61. The molecule has 0 N–H and O–H groups in total. The number of piperidine rings is 1. The first-order valence-corrected chi connectivity index (χ1v) is 7.83. The summed E-state index contributed by atoms with van der Waals surface area (Å²) in [6.45, 7) is 5.84. The van der Waals surface area contributed by atoms with E-state index >= 15 is 0 Å². The molecule has 0 unspecified atom stereocenters. The van der Waals surface area contributed by atoms with E-state index in [1.54, 1.807) is 17.4 Å². The molecule has 0 bridgehead atoms. The maximum Gasteiger partial charge on any atom is 0.289 e. The molecule has 0 aromatic carbocycles. The van der Waals surface area contributed by atoms with E-state index in [2.05, 4.69) is 11.9 Å². The second-order valence-electron chi connectivity index (χ2n) is 5.39. The summed E-state index contributed by atoms with van der Waals surface area (Å²) in [5, 5.41) is 2.94. The third-order valence-electron chi connectivity index (χ3n) is 3.76. The first-order chi connectivity index (χ1) is 9.63. The summed E-state index contributed by atoms with van der Waals surface area (Å²) in [4.78, 5) is 18.6. The quantitative estimate of drug-likeness (QED) is 0.849. The van der Waals surface area contributed by atoms with Gasteiger partial charge >= 0.3 is 0 Å². The second-order valence-corrected chi connectivity index (χ2v) is 6.45. The maximum atomic E-state index is 12.4. The summed E-state index contributed by atoms with van der Waals surface area (Å²) in [7, 11) is 0. The number of rotatable bonds is 2. The van der Waals surface area contributed by atoms with Gasteiger partial charge in [0.15, 0.2) is 11.5 Å². The van der Waals surface area contributed by atoms with Gasteiger partial charge in [0.2, 0.25) is 0 Å². The van der Waals surface area contributed by atoms with Crippen LogP contribution in [-0.2, 0) is 0 Å². The van der Waals surface area contributed by atoms with Gasteiger partial charge in [0.1, 0.15) is 5.69 Å². The highest BCUT2D eigenvalue weighted by molar-refractivity contribution is 7.09. The van der Waals surface area contributed by atoms with Crippen LogP contribution in [0.2, 0.25) is 0 Å². The van der Waals surface area contributed by atoms with E-state index in [9.17, 15) is 4.79 Å². The number of nitrogens with zero attached hydrogens (tertiary/aromatic N) is 2. The molecular formula is C15H18N2O2S. The third kappa shape index (κ3) is 2.63. The molecule has 20 heavy (non-hydrogen) atoms. The lowest BCUT2D eigenvalue weighted by molar-refractivity contribution is 0.0666. The molecule has 106 valence electrons. The number of amides is 1. The van der Waals surface area contributed by atoms with Gasteiger partial charge in [-0.2, -0.15) is 0 Å². The predicted molar refractivity (Wildman–Crippen MR) is 78.9 cm³/mol. The first kappa shape index (κ1) is 13.4. The van der Waals surface area contributed by atoms with E-state index in [4.69, 9.17) is 4.42 Å². The van der Waals surface area contributed by atoms with Crippen molar-refractivity contribution in [3.63, 3.8) is 0 Å².